The second-order valence-corrected chi connectivity index (χ2v) is 5.68. The van der Waals surface area contributed by atoms with E-state index in [9.17, 15) is 4.79 Å². The van der Waals surface area contributed by atoms with E-state index in [0.717, 1.165) is 11.3 Å². The van der Waals surface area contributed by atoms with Gasteiger partial charge in [0.2, 0.25) is 0 Å². The Morgan fingerprint density at radius 3 is 2.62 bits per heavy atom. The van der Waals surface area contributed by atoms with Crippen molar-refractivity contribution in [2.24, 2.45) is 0 Å². The highest BCUT2D eigenvalue weighted by atomic mass is 35.5. The number of hydrogen-bond acceptors (Lipinski definition) is 3. The maximum atomic E-state index is 12.1. The Hall–Kier alpha value is -2.07. The summed E-state index contributed by atoms with van der Waals surface area (Å²) in [5.41, 5.74) is 2.97. The number of aryl methyl sites for hydroxylation is 1. The van der Waals surface area contributed by atoms with E-state index in [1.807, 2.05) is 25.1 Å². The predicted octanol–water partition coefficient (Wildman–Crippen LogP) is 3.87. The Morgan fingerprint density at radius 1 is 1.24 bits per heavy atom. The lowest BCUT2D eigenvalue weighted by molar-refractivity contribution is 0.102. The van der Waals surface area contributed by atoms with Crippen molar-refractivity contribution < 1.29 is 4.79 Å². The molecular formula is C16H16ClN3O. The van der Waals surface area contributed by atoms with Crippen molar-refractivity contribution in [2.75, 3.05) is 10.6 Å². The fraction of sp³-hybridized carbons (Fsp3) is 0.250. The molecule has 0 aliphatic heterocycles. The van der Waals surface area contributed by atoms with Gasteiger partial charge in [-0.15, -0.1) is 0 Å². The first-order chi connectivity index (χ1) is 10.1. The van der Waals surface area contributed by atoms with Gasteiger partial charge in [0.25, 0.3) is 5.91 Å². The number of hydrogen-bond donors (Lipinski definition) is 2. The minimum absolute atomic E-state index is 0.243. The summed E-state index contributed by atoms with van der Waals surface area (Å²) in [6.07, 6.45) is 4.10. The zero-order chi connectivity index (χ0) is 14.8. The Kier molecular flexibility index (Phi) is 3.80. The normalized spacial score (nSPS) is 13.8. The molecule has 0 saturated heterocycles. The van der Waals surface area contributed by atoms with E-state index in [4.69, 9.17) is 11.6 Å². The predicted molar refractivity (Wildman–Crippen MR) is 85.0 cm³/mol. The fourth-order valence-corrected chi connectivity index (χ4v) is 2.12. The topological polar surface area (TPSA) is 54.0 Å². The monoisotopic (exact) mass is 301 g/mol. The molecular weight excluding hydrogens is 286 g/mol. The average molecular weight is 302 g/mol. The van der Waals surface area contributed by atoms with Gasteiger partial charge < -0.3 is 10.6 Å². The summed E-state index contributed by atoms with van der Waals surface area (Å²) in [6, 6.07) is 9.59. The van der Waals surface area contributed by atoms with Gasteiger partial charge in [0, 0.05) is 16.8 Å². The zero-order valence-electron chi connectivity index (χ0n) is 11.7. The maximum Gasteiger partial charge on any atom is 0.274 e. The first-order valence-corrected chi connectivity index (χ1v) is 7.30. The quantitative estimate of drug-likeness (QED) is 0.901. The summed E-state index contributed by atoms with van der Waals surface area (Å²) in [6.45, 7) is 1.92. The smallest absolute Gasteiger partial charge is 0.274 e. The number of carbonyl (C=O) groups excluding carboxylic acids is 1. The van der Waals surface area contributed by atoms with E-state index in [0.29, 0.717) is 22.4 Å². The molecule has 21 heavy (non-hydrogen) atoms. The zero-order valence-corrected chi connectivity index (χ0v) is 12.4. The molecule has 1 saturated carbocycles. The number of benzene rings is 1. The second-order valence-electron chi connectivity index (χ2n) is 5.27. The molecule has 2 aromatic rings. The third-order valence-electron chi connectivity index (χ3n) is 3.37. The number of carbonyl (C=O) groups is 1. The van der Waals surface area contributed by atoms with Crippen molar-refractivity contribution in [1.29, 1.82) is 0 Å². The number of nitrogens with zero attached hydrogens (tertiary/aromatic N) is 1. The van der Waals surface area contributed by atoms with Crippen LogP contribution in [0.25, 0.3) is 0 Å². The molecule has 1 aliphatic carbocycles. The van der Waals surface area contributed by atoms with Crippen LogP contribution < -0.4 is 10.6 Å². The Balaban J connectivity index is 1.67. The minimum atomic E-state index is -0.243. The van der Waals surface area contributed by atoms with Gasteiger partial charge in [-0.3, -0.25) is 4.79 Å². The lowest BCUT2D eigenvalue weighted by Gasteiger charge is -2.08. The van der Waals surface area contributed by atoms with Crippen LogP contribution in [0.15, 0.2) is 36.5 Å². The highest BCUT2D eigenvalue weighted by Gasteiger charge is 2.20. The van der Waals surface area contributed by atoms with Gasteiger partial charge in [0.15, 0.2) is 0 Å². The van der Waals surface area contributed by atoms with Crippen LogP contribution in [0.4, 0.5) is 11.4 Å². The molecule has 1 aromatic carbocycles. The van der Waals surface area contributed by atoms with Crippen LogP contribution in [0.5, 0.6) is 0 Å². The number of halogens is 1. The van der Waals surface area contributed by atoms with Crippen molar-refractivity contribution in [2.45, 2.75) is 25.8 Å². The van der Waals surface area contributed by atoms with Crippen molar-refractivity contribution >= 4 is 28.9 Å². The summed E-state index contributed by atoms with van der Waals surface area (Å²) in [5.74, 6) is -0.243. The molecule has 5 heteroatoms. The Labute approximate surface area is 128 Å². The van der Waals surface area contributed by atoms with E-state index in [1.54, 1.807) is 18.3 Å². The molecule has 0 bridgehead atoms. The Morgan fingerprint density at radius 2 is 2.00 bits per heavy atom. The minimum Gasteiger partial charge on any atom is -0.381 e. The number of anilines is 2. The van der Waals surface area contributed by atoms with Crippen LogP contribution in [0.3, 0.4) is 0 Å². The summed E-state index contributed by atoms with van der Waals surface area (Å²) in [5, 5.41) is 6.76. The number of aromatic nitrogens is 1. The van der Waals surface area contributed by atoms with E-state index in [2.05, 4.69) is 15.6 Å². The summed E-state index contributed by atoms with van der Waals surface area (Å²) < 4.78 is 0. The molecule has 0 spiro atoms. The van der Waals surface area contributed by atoms with E-state index in [-0.39, 0.29) is 5.91 Å². The summed E-state index contributed by atoms with van der Waals surface area (Å²) in [4.78, 5) is 16.3. The lowest BCUT2D eigenvalue weighted by Crippen LogP contribution is -2.14. The lowest BCUT2D eigenvalue weighted by atomic mass is 10.2. The van der Waals surface area contributed by atoms with Crippen molar-refractivity contribution in [3.63, 3.8) is 0 Å². The van der Waals surface area contributed by atoms with Gasteiger partial charge in [-0.2, -0.15) is 0 Å². The maximum absolute atomic E-state index is 12.1. The molecule has 1 heterocycles. The third-order valence-corrected chi connectivity index (χ3v) is 3.78. The number of amides is 1. The van der Waals surface area contributed by atoms with E-state index in [1.165, 1.54) is 12.8 Å². The van der Waals surface area contributed by atoms with Gasteiger partial charge in [-0.1, -0.05) is 17.7 Å². The fourth-order valence-electron chi connectivity index (χ4n) is 1.94. The molecule has 2 N–H and O–H groups in total. The molecule has 1 aromatic heterocycles. The van der Waals surface area contributed by atoms with Gasteiger partial charge in [0.05, 0.1) is 11.9 Å². The molecule has 1 aliphatic rings. The molecule has 0 unspecified atom stereocenters. The van der Waals surface area contributed by atoms with Gasteiger partial charge >= 0.3 is 0 Å². The third kappa shape index (κ3) is 3.52. The first kappa shape index (κ1) is 13.9. The molecule has 3 rings (SSSR count). The highest BCUT2D eigenvalue weighted by molar-refractivity contribution is 6.31. The van der Waals surface area contributed by atoms with Crippen LogP contribution in [0.2, 0.25) is 5.02 Å². The number of nitrogens with one attached hydrogen (secondary N) is 2. The SMILES string of the molecule is Cc1ccc(NC(=O)c2ccc(NC3CC3)cn2)cc1Cl. The van der Waals surface area contributed by atoms with E-state index < -0.39 is 0 Å². The molecule has 1 amide bonds. The standard InChI is InChI=1S/C16H16ClN3O/c1-10-2-3-12(8-14(10)17)20-16(21)15-7-6-13(9-18-15)19-11-4-5-11/h2-3,6-9,11,19H,4-5H2,1H3,(H,20,21). The van der Waals surface area contributed by atoms with Crippen molar-refractivity contribution in [3.8, 4) is 0 Å². The van der Waals surface area contributed by atoms with E-state index >= 15 is 0 Å². The molecule has 0 atom stereocenters. The van der Waals surface area contributed by atoms with Gasteiger partial charge in [-0.25, -0.2) is 4.98 Å². The summed E-state index contributed by atoms with van der Waals surface area (Å²) in [7, 11) is 0. The molecule has 1 fully saturated rings. The molecule has 4 nitrogen and oxygen atoms in total. The van der Waals surface area contributed by atoms with Crippen LogP contribution in [0, 0.1) is 6.92 Å². The number of pyridine rings is 1. The van der Waals surface area contributed by atoms with Crippen LogP contribution in [-0.4, -0.2) is 16.9 Å². The highest BCUT2D eigenvalue weighted by Crippen LogP contribution is 2.24. The number of rotatable bonds is 4. The largest absolute Gasteiger partial charge is 0.381 e. The van der Waals surface area contributed by atoms with Gasteiger partial charge in [-0.05, 0) is 49.6 Å². The van der Waals surface area contributed by atoms with Crippen LogP contribution >= 0.6 is 11.6 Å². The average Bonchev–Trinajstić information content (AvgIpc) is 3.28. The van der Waals surface area contributed by atoms with Gasteiger partial charge in [0.1, 0.15) is 5.69 Å². The molecule has 0 radical (unpaired) electrons. The first-order valence-electron chi connectivity index (χ1n) is 6.92. The Bertz CT molecular complexity index is 666. The van der Waals surface area contributed by atoms with Crippen LogP contribution in [0.1, 0.15) is 28.9 Å². The second kappa shape index (κ2) is 5.74. The van der Waals surface area contributed by atoms with Crippen molar-refractivity contribution in [1.82, 2.24) is 4.98 Å². The summed E-state index contributed by atoms with van der Waals surface area (Å²) >= 11 is 6.04. The van der Waals surface area contributed by atoms with Crippen molar-refractivity contribution in [3.05, 3.63) is 52.8 Å². The van der Waals surface area contributed by atoms with Crippen LogP contribution in [-0.2, 0) is 0 Å². The molecule has 108 valence electrons.